The molecule has 1 saturated heterocycles. The van der Waals surface area contributed by atoms with Gasteiger partial charge in [0.15, 0.2) is 9.84 Å². The van der Waals surface area contributed by atoms with Gasteiger partial charge in [0.1, 0.15) is 5.75 Å². The molecule has 1 fully saturated rings. The van der Waals surface area contributed by atoms with Crippen molar-refractivity contribution in [2.75, 3.05) is 24.6 Å². The van der Waals surface area contributed by atoms with E-state index in [1.54, 1.807) is 11.8 Å². The number of nitrogens with zero attached hydrogens (tertiary/aromatic N) is 1. The minimum atomic E-state index is -3.35. The van der Waals surface area contributed by atoms with Crippen LogP contribution in [0.3, 0.4) is 0 Å². The summed E-state index contributed by atoms with van der Waals surface area (Å²) in [7, 11) is -3.35. The summed E-state index contributed by atoms with van der Waals surface area (Å²) < 4.78 is 23.1. The second kappa shape index (κ2) is 5.63. The summed E-state index contributed by atoms with van der Waals surface area (Å²) in [4.78, 5) is 13.3. The van der Waals surface area contributed by atoms with Crippen molar-refractivity contribution < 1.29 is 13.2 Å². The van der Waals surface area contributed by atoms with Gasteiger partial charge in [-0.1, -0.05) is 0 Å². The van der Waals surface area contributed by atoms with Crippen molar-refractivity contribution in [3.05, 3.63) is 0 Å². The molecule has 0 aliphatic carbocycles. The predicted molar refractivity (Wildman–Crippen MR) is 62.7 cm³/mol. The fraction of sp³-hybridized carbons (Fsp3) is 0.900. The first-order valence-electron chi connectivity index (χ1n) is 5.64. The van der Waals surface area contributed by atoms with Crippen molar-refractivity contribution in [1.29, 1.82) is 0 Å². The number of sulfone groups is 1. The largest absolute Gasteiger partial charge is 0.342 e. The van der Waals surface area contributed by atoms with Crippen LogP contribution >= 0.6 is 0 Å². The Labute approximate surface area is 96.9 Å². The van der Waals surface area contributed by atoms with Crippen LogP contribution in [0.5, 0.6) is 0 Å². The highest BCUT2D eigenvalue weighted by Crippen LogP contribution is 2.09. The monoisotopic (exact) mass is 248 g/mol. The Morgan fingerprint density at radius 1 is 1.31 bits per heavy atom. The van der Waals surface area contributed by atoms with E-state index < -0.39 is 21.6 Å². The molecule has 1 aliphatic rings. The van der Waals surface area contributed by atoms with Gasteiger partial charge in [-0.15, -0.1) is 0 Å². The van der Waals surface area contributed by atoms with Crippen LogP contribution in [0.25, 0.3) is 0 Å². The van der Waals surface area contributed by atoms with Crippen LogP contribution in [0.1, 0.15) is 26.2 Å². The molecule has 1 aliphatic heterocycles. The van der Waals surface area contributed by atoms with Crippen molar-refractivity contribution in [3.8, 4) is 0 Å². The Morgan fingerprint density at radius 3 is 2.38 bits per heavy atom. The smallest absolute Gasteiger partial charge is 0.237 e. The van der Waals surface area contributed by atoms with Gasteiger partial charge in [0.2, 0.25) is 5.91 Å². The molecule has 1 unspecified atom stereocenters. The lowest BCUT2D eigenvalue weighted by Gasteiger charge is -2.26. The lowest BCUT2D eigenvalue weighted by molar-refractivity contribution is -0.129. The maximum Gasteiger partial charge on any atom is 0.237 e. The van der Waals surface area contributed by atoms with Gasteiger partial charge < -0.3 is 10.6 Å². The van der Waals surface area contributed by atoms with Gasteiger partial charge in [-0.3, -0.25) is 4.79 Å². The maximum absolute atomic E-state index is 11.7. The number of likely N-dealkylation sites (tertiary alicyclic amines) is 1. The molecule has 2 N–H and O–H groups in total. The molecule has 1 amide bonds. The van der Waals surface area contributed by atoms with Crippen molar-refractivity contribution in [1.82, 2.24) is 4.90 Å². The third-order valence-corrected chi connectivity index (χ3v) is 4.29. The van der Waals surface area contributed by atoms with Crippen molar-refractivity contribution in [3.63, 3.8) is 0 Å². The van der Waals surface area contributed by atoms with Crippen LogP contribution in [0, 0.1) is 0 Å². The fourth-order valence-electron chi connectivity index (χ4n) is 1.88. The first-order chi connectivity index (χ1) is 7.41. The van der Waals surface area contributed by atoms with Gasteiger partial charge in [-0.2, -0.15) is 0 Å². The normalized spacial score (nSPS) is 19.5. The Kier molecular flexibility index (Phi) is 4.73. The van der Waals surface area contributed by atoms with Gasteiger partial charge in [0, 0.05) is 19.1 Å². The molecular formula is C10H20N2O3S. The van der Waals surface area contributed by atoms with Crippen LogP contribution < -0.4 is 5.73 Å². The standard InChI is InChI=1S/C10H20N2O3S/c1-9(11)7-16(14,15)8-10(13)12-5-3-2-4-6-12/h9H,2-8,11H2,1H3. The SMILES string of the molecule is CC(N)CS(=O)(=O)CC(=O)N1CCCCC1. The van der Waals surface area contributed by atoms with Gasteiger partial charge >= 0.3 is 0 Å². The van der Waals surface area contributed by atoms with Crippen molar-refractivity contribution >= 4 is 15.7 Å². The summed E-state index contributed by atoms with van der Waals surface area (Å²) in [5.74, 6) is -0.790. The van der Waals surface area contributed by atoms with E-state index in [9.17, 15) is 13.2 Å². The second-order valence-electron chi connectivity index (χ2n) is 4.47. The van der Waals surface area contributed by atoms with E-state index in [-0.39, 0.29) is 11.7 Å². The summed E-state index contributed by atoms with van der Waals surface area (Å²) in [6.45, 7) is 3.00. The molecule has 0 aromatic rings. The highest BCUT2D eigenvalue weighted by atomic mass is 32.2. The number of hydrogen-bond acceptors (Lipinski definition) is 4. The summed E-state index contributed by atoms with van der Waals surface area (Å²) in [5.41, 5.74) is 5.43. The average Bonchev–Trinajstić information content (AvgIpc) is 2.16. The zero-order chi connectivity index (χ0) is 12.2. The quantitative estimate of drug-likeness (QED) is 0.744. The van der Waals surface area contributed by atoms with E-state index in [0.29, 0.717) is 13.1 Å². The lowest BCUT2D eigenvalue weighted by Crippen LogP contribution is -2.41. The molecule has 5 nitrogen and oxygen atoms in total. The Morgan fingerprint density at radius 2 is 1.88 bits per heavy atom. The van der Waals surface area contributed by atoms with Gasteiger partial charge in [0.05, 0.1) is 5.75 Å². The Hall–Kier alpha value is -0.620. The summed E-state index contributed by atoms with van der Waals surface area (Å²) in [5, 5.41) is 0. The minimum absolute atomic E-state index is 0.118. The highest BCUT2D eigenvalue weighted by Gasteiger charge is 2.23. The van der Waals surface area contributed by atoms with E-state index in [4.69, 9.17) is 5.73 Å². The van der Waals surface area contributed by atoms with E-state index in [0.717, 1.165) is 19.3 Å². The number of nitrogens with two attached hydrogens (primary N) is 1. The van der Waals surface area contributed by atoms with Gasteiger partial charge in [0.25, 0.3) is 0 Å². The zero-order valence-corrected chi connectivity index (χ0v) is 10.5. The first kappa shape index (κ1) is 13.4. The van der Waals surface area contributed by atoms with Crippen LogP contribution in [0.4, 0.5) is 0 Å². The molecule has 0 aromatic heterocycles. The molecule has 0 aromatic carbocycles. The second-order valence-corrected chi connectivity index (χ2v) is 6.58. The molecule has 0 saturated carbocycles. The van der Waals surface area contributed by atoms with E-state index in [2.05, 4.69) is 0 Å². The molecule has 1 heterocycles. The van der Waals surface area contributed by atoms with Gasteiger partial charge in [-0.05, 0) is 26.2 Å². The molecule has 16 heavy (non-hydrogen) atoms. The topological polar surface area (TPSA) is 80.5 Å². The zero-order valence-electron chi connectivity index (χ0n) is 9.68. The predicted octanol–water partition coefficient (Wildman–Crippen LogP) is -0.239. The number of piperidine rings is 1. The first-order valence-corrected chi connectivity index (χ1v) is 7.46. The number of hydrogen-bond donors (Lipinski definition) is 1. The fourth-order valence-corrected chi connectivity index (χ4v) is 3.36. The number of rotatable bonds is 4. The number of carbonyl (C=O) groups excluding carboxylic acids is 1. The van der Waals surface area contributed by atoms with Crippen molar-refractivity contribution in [2.24, 2.45) is 5.73 Å². The Bertz CT molecular complexity index is 332. The van der Waals surface area contributed by atoms with Crippen LogP contribution in [0.15, 0.2) is 0 Å². The summed E-state index contributed by atoms with van der Waals surface area (Å²) in [6.07, 6.45) is 3.06. The van der Waals surface area contributed by atoms with Gasteiger partial charge in [-0.25, -0.2) is 8.42 Å². The minimum Gasteiger partial charge on any atom is -0.342 e. The van der Waals surface area contributed by atoms with E-state index >= 15 is 0 Å². The molecular weight excluding hydrogens is 228 g/mol. The molecule has 6 heteroatoms. The van der Waals surface area contributed by atoms with Crippen LogP contribution in [-0.2, 0) is 14.6 Å². The van der Waals surface area contributed by atoms with E-state index in [1.807, 2.05) is 0 Å². The molecule has 1 atom stereocenters. The molecule has 1 rings (SSSR count). The van der Waals surface area contributed by atoms with Crippen LogP contribution in [0.2, 0.25) is 0 Å². The summed E-state index contributed by atoms with van der Waals surface area (Å²) >= 11 is 0. The lowest BCUT2D eigenvalue weighted by atomic mass is 10.1. The molecule has 0 bridgehead atoms. The maximum atomic E-state index is 11.7. The molecule has 0 spiro atoms. The van der Waals surface area contributed by atoms with Crippen molar-refractivity contribution in [2.45, 2.75) is 32.2 Å². The third-order valence-electron chi connectivity index (χ3n) is 2.57. The third kappa shape index (κ3) is 4.49. The molecule has 0 radical (unpaired) electrons. The highest BCUT2D eigenvalue weighted by molar-refractivity contribution is 7.92. The number of amides is 1. The molecule has 94 valence electrons. The number of carbonyl (C=O) groups is 1. The summed E-state index contributed by atoms with van der Waals surface area (Å²) in [6, 6.07) is -0.417. The average molecular weight is 248 g/mol. The Balaban J connectivity index is 2.49. The van der Waals surface area contributed by atoms with Crippen LogP contribution in [-0.4, -0.2) is 49.9 Å². The van der Waals surface area contributed by atoms with E-state index in [1.165, 1.54) is 0 Å².